The lowest BCUT2D eigenvalue weighted by atomic mass is 9.75. The fourth-order valence-corrected chi connectivity index (χ4v) is 4.19. The lowest BCUT2D eigenvalue weighted by Crippen LogP contribution is -2.31. The van der Waals surface area contributed by atoms with Gasteiger partial charge >= 0.3 is 6.09 Å². The van der Waals surface area contributed by atoms with Gasteiger partial charge in [0.25, 0.3) is 11.5 Å². The lowest BCUT2D eigenvalue weighted by Gasteiger charge is -2.28. The van der Waals surface area contributed by atoms with Crippen molar-refractivity contribution < 1.29 is 18.7 Å². The van der Waals surface area contributed by atoms with Gasteiger partial charge in [-0.05, 0) is 44.0 Å². The quantitative estimate of drug-likeness (QED) is 0.570. The normalized spacial score (nSPS) is 15.4. The second-order valence-corrected chi connectivity index (χ2v) is 7.65. The van der Waals surface area contributed by atoms with E-state index in [-0.39, 0.29) is 11.3 Å². The summed E-state index contributed by atoms with van der Waals surface area (Å²) in [5.74, 6) is -1.23. The maximum atomic E-state index is 15.2. The first-order valence-corrected chi connectivity index (χ1v) is 10.5. The van der Waals surface area contributed by atoms with Crippen LogP contribution in [0.1, 0.15) is 39.2 Å². The van der Waals surface area contributed by atoms with Crippen LogP contribution in [0.15, 0.2) is 47.1 Å². The molecule has 32 heavy (non-hydrogen) atoms. The predicted molar refractivity (Wildman–Crippen MR) is 116 cm³/mol. The first kappa shape index (κ1) is 21.5. The predicted octanol–water partition coefficient (Wildman–Crippen LogP) is 3.76. The summed E-state index contributed by atoms with van der Waals surface area (Å²) in [6, 6.07) is 6.67. The molecule has 2 aromatic heterocycles. The van der Waals surface area contributed by atoms with Crippen LogP contribution in [0.4, 0.5) is 9.18 Å². The van der Waals surface area contributed by atoms with E-state index in [1.165, 1.54) is 12.3 Å². The number of cyclic esters (lactones) is 1. The average molecular weight is 438 g/mol. The van der Waals surface area contributed by atoms with E-state index in [1.54, 1.807) is 28.9 Å². The van der Waals surface area contributed by atoms with Crippen LogP contribution in [0.2, 0.25) is 0 Å². The molecular weight excluding hydrogens is 415 g/mol. The number of carbonyl (C=O) groups excluding carboxylic acids is 2. The summed E-state index contributed by atoms with van der Waals surface area (Å²) in [5, 5.41) is 6.62. The maximum absolute atomic E-state index is 15.2. The van der Waals surface area contributed by atoms with Gasteiger partial charge in [0, 0.05) is 23.1 Å². The number of ether oxygens (including phenoxy) is 1. The molecule has 1 aromatic carbocycles. The SMILES string of the molecule is CCn1ncc2c(F)c(-c3ccc(C(/C=C4\OC(=O)NC4=O)(CC)CC)c(=O)[nH]3)ccc21. The van der Waals surface area contributed by atoms with Crippen molar-refractivity contribution in [1.82, 2.24) is 20.1 Å². The number of nitrogens with one attached hydrogen (secondary N) is 2. The van der Waals surface area contributed by atoms with Crippen LogP contribution in [0.5, 0.6) is 0 Å². The van der Waals surface area contributed by atoms with Gasteiger partial charge in [0.05, 0.1) is 22.8 Å². The second kappa shape index (κ2) is 8.07. The minimum atomic E-state index is -0.844. The fraction of sp³-hybridized carbons (Fsp3) is 0.304. The molecule has 9 heteroatoms. The number of aryl methyl sites for hydroxylation is 1. The van der Waals surface area contributed by atoms with E-state index in [0.29, 0.717) is 41.5 Å². The monoisotopic (exact) mass is 438 g/mol. The molecule has 1 saturated heterocycles. The third-order valence-electron chi connectivity index (χ3n) is 6.11. The summed E-state index contributed by atoms with van der Waals surface area (Å²) in [6.07, 6.45) is 3.11. The molecule has 1 fully saturated rings. The van der Waals surface area contributed by atoms with Crippen LogP contribution in [0.25, 0.3) is 22.2 Å². The average Bonchev–Trinajstić information content (AvgIpc) is 3.34. The van der Waals surface area contributed by atoms with E-state index in [4.69, 9.17) is 4.74 Å². The Hall–Kier alpha value is -3.75. The number of carbonyl (C=O) groups is 2. The van der Waals surface area contributed by atoms with Gasteiger partial charge in [-0.1, -0.05) is 19.9 Å². The number of nitrogens with zero attached hydrogens (tertiary/aromatic N) is 2. The number of amides is 2. The van der Waals surface area contributed by atoms with E-state index < -0.39 is 28.8 Å². The molecule has 0 aliphatic carbocycles. The minimum Gasteiger partial charge on any atom is -0.404 e. The van der Waals surface area contributed by atoms with E-state index in [1.807, 2.05) is 20.8 Å². The molecule has 0 atom stereocenters. The van der Waals surface area contributed by atoms with Crippen molar-refractivity contribution in [3.8, 4) is 11.3 Å². The van der Waals surface area contributed by atoms with Gasteiger partial charge in [0.15, 0.2) is 5.76 Å². The number of allylic oxidation sites excluding steroid dienone is 1. The number of aromatic amines is 1. The van der Waals surface area contributed by atoms with Crippen LogP contribution in [-0.4, -0.2) is 26.8 Å². The number of halogens is 1. The van der Waals surface area contributed by atoms with Gasteiger partial charge in [0.1, 0.15) is 5.82 Å². The van der Waals surface area contributed by atoms with Crippen molar-refractivity contribution in [3.05, 3.63) is 64.0 Å². The molecule has 0 saturated carbocycles. The Bertz CT molecular complexity index is 1320. The van der Waals surface area contributed by atoms with Gasteiger partial charge in [-0.3, -0.25) is 19.6 Å². The summed E-state index contributed by atoms with van der Waals surface area (Å²) in [5.41, 5.74) is 0.429. The zero-order chi connectivity index (χ0) is 23.0. The molecular formula is C23H23FN4O4. The van der Waals surface area contributed by atoms with Crippen molar-refractivity contribution in [3.63, 3.8) is 0 Å². The largest absolute Gasteiger partial charge is 0.419 e. The number of hydrogen-bond acceptors (Lipinski definition) is 5. The van der Waals surface area contributed by atoms with Crippen LogP contribution in [0.3, 0.4) is 0 Å². The molecule has 8 nitrogen and oxygen atoms in total. The molecule has 2 N–H and O–H groups in total. The van der Waals surface area contributed by atoms with Crippen molar-refractivity contribution >= 4 is 22.9 Å². The van der Waals surface area contributed by atoms with Gasteiger partial charge < -0.3 is 9.72 Å². The fourth-order valence-electron chi connectivity index (χ4n) is 4.19. The second-order valence-electron chi connectivity index (χ2n) is 7.65. The van der Waals surface area contributed by atoms with Crippen molar-refractivity contribution in [2.45, 2.75) is 45.6 Å². The van der Waals surface area contributed by atoms with E-state index in [9.17, 15) is 14.4 Å². The zero-order valence-corrected chi connectivity index (χ0v) is 18.0. The van der Waals surface area contributed by atoms with Crippen LogP contribution in [-0.2, 0) is 21.5 Å². The van der Waals surface area contributed by atoms with Gasteiger partial charge in [-0.15, -0.1) is 0 Å². The van der Waals surface area contributed by atoms with E-state index in [2.05, 4.69) is 15.4 Å². The number of rotatable bonds is 6. The molecule has 3 aromatic rings. The smallest absolute Gasteiger partial charge is 0.404 e. The highest BCUT2D eigenvalue weighted by Gasteiger charge is 2.35. The minimum absolute atomic E-state index is 0.133. The number of aromatic nitrogens is 3. The van der Waals surface area contributed by atoms with Crippen molar-refractivity contribution in [2.24, 2.45) is 0 Å². The topological polar surface area (TPSA) is 106 Å². The standard InChI is InChI=1S/C23H23FN4O4/c1-4-23(5-2,11-18-21(30)27-22(31)32-18)15-8-9-16(26-20(15)29)13-7-10-17-14(19(13)24)12-25-28(17)6-3/h7-12H,4-6H2,1-3H3,(H,26,29)(H,27,30,31)/b18-11-. The van der Waals surface area contributed by atoms with Crippen LogP contribution < -0.4 is 10.9 Å². The molecule has 0 bridgehead atoms. The molecule has 2 amide bonds. The summed E-state index contributed by atoms with van der Waals surface area (Å²) in [4.78, 5) is 39.2. The van der Waals surface area contributed by atoms with Crippen molar-refractivity contribution in [1.29, 1.82) is 0 Å². The van der Waals surface area contributed by atoms with Gasteiger partial charge in [0.2, 0.25) is 0 Å². The van der Waals surface area contributed by atoms with E-state index >= 15 is 4.39 Å². The third-order valence-corrected chi connectivity index (χ3v) is 6.11. The summed E-state index contributed by atoms with van der Waals surface area (Å²) in [7, 11) is 0. The third kappa shape index (κ3) is 3.39. The Labute approximate surface area is 183 Å². The highest BCUT2D eigenvalue weighted by Crippen LogP contribution is 2.34. The number of imide groups is 1. The summed E-state index contributed by atoms with van der Waals surface area (Å²) < 4.78 is 21.8. The number of pyridine rings is 1. The van der Waals surface area contributed by atoms with E-state index in [0.717, 1.165) is 0 Å². The first-order chi connectivity index (χ1) is 15.3. The Balaban J connectivity index is 1.79. The highest BCUT2D eigenvalue weighted by molar-refractivity contribution is 6.07. The Kier molecular flexibility index (Phi) is 5.41. The molecule has 0 radical (unpaired) electrons. The van der Waals surface area contributed by atoms with Gasteiger partial charge in [-0.25, -0.2) is 9.18 Å². The maximum Gasteiger partial charge on any atom is 0.419 e. The number of benzene rings is 1. The molecule has 3 heterocycles. The summed E-state index contributed by atoms with van der Waals surface area (Å²) in [6.45, 7) is 6.30. The number of alkyl carbamates (subject to hydrolysis) is 1. The molecule has 0 spiro atoms. The van der Waals surface area contributed by atoms with Crippen molar-refractivity contribution in [2.75, 3.05) is 0 Å². The van der Waals surface area contributed by atoms with Crippen LogP contribution >= 0.6 is 0 Å². The van der Waals surface area contributed by atoms with Gasteiger partial charge in [-0.2, -0.15) is 5.10 Å². The summed E-state index contributed by atoms with van der Waals surface area (Å²) >= 11 is 0. The highest BCUT2D eigenvalue weighted by atomic mass is 19.1. The Morgan fingerprint density at radius 1 is 1.12 bits per heavy atom. The van der Waals surface area contributed by atoms with Crippen LogP contribution in [0, 0.1) is 5.82 Å². The lowest BCUT2D eigenvalue weighted by molar-refractivity contribution is -0.116. The molecule has 1 aliphatic rings. The Morgan fingerprint density at radius 3 is 2.47 bits per heavy atom. The Morgan fingerprint density at radius 2 is 1.88 bits per heavy atom. The first-order valence-electron chi connectivity index (χ1n) is 10.5. The molecule has 0 unspecified atom stereocenters. The number of H-pyrrole nitrogens is 1. The molecule has 166 valence electrons. The number of fused-ring (bicyclic) bond motifs is 1. The molecule has 1 aliphatic heterocycles. The zero-order valence-electron chi connectivity index (χ0n) is 18.0. The molecule has 4 rings (SSSR count). The number of hydrogen-bond donors (Lipinski definition) is 2.